The number of hydrogen-bond donors (Lipinski definition) is 2. The highest BCUT2D eigenvalue weighted by atomic mass is 16.5. The lowest BCUT2D eigenvalue weighted by atomic mass is 9.84. The number of benzene rings is 1. The van der Waals surface area contributed by atoms with Gasteiger partial charge in [-0.25, -0.2) is 0 Å². The molecule has 0 saturated carbocycles. The van der Waals surface area contributed by atoms with E-state index in [4.69, 9.17) is 14.2 Å². The third kappa shape index (κ3) is 4.36. The van der Waals surface area contributed by atoms with E-state index in [1.807, 2.05) is 18.2 Å². The van der Waals surface area contributed by atoms with Crippen molar-refractivity contribution in [1.29, 1.82) is 0 Å². The molecule has 6 heteroatoms. The van der Waals surface area contributed by atoms with Crippen LogP contribution in [0.4, 0.5) is 0 Å². The minimum absolute atomic E-state index is 0.0294. The largest absolute Gasteiger partial charge is 0.493 e. The molecule has 0 spiro atoms. The molecule has 1 unspecified atom stereocenters. The summed E-state index contributed by atoms with van der Waals surface area (Å²) in [4.78, 5) is 12.2. The van der Waals surface area contributed by atoms with Crippen LogP contribution in [0.15, 0.2) is 18.2 Å². The molecule has 0 aliphatic carbocycles. The lowest BCUT2D eigenvalue weighted by Gasteiger charge is -2.29. The predicted octanol–water partition coefficient (Wildman–Crippen LogP) is 1.09. The summed E-state index contributed by atoms with van der Waals surface area (Å²) < 4.78 is 15.9. The first-order chi connectivity index (χ1) is 11.0. The molecule has 1 heterocycles. The van der Waals surface area contributed by atoms with E-state index in [9.17, 15) is 4.79 Å². The molecule has 2 rings (SSSR count). The Morgan fingerprint density at radius 2 is 2.09 bits per heavy atom. The van der Waals surface area contributed by atoms with Gasteiger partial charge in [-0.1, -0.05) is 19.9 Å². The first-order valence-electron chi connectivity index (χ1n) is 7.79. The summed E-state index contributed by atoms with van der Waals surface area (Å²) in [6.45, 7) is 6.47. The SMILES string of the molecule is COc1ccc(C(C)(C)CNC(=O)C2COCCN2)cc1OC. The molecule has 0 radical (unpaired) electrons. The van der Waals surface area contributed by atoms with Crippen LogP contribution in [0, 0.1) is 0 Å². The summed E-state index contributed by atoms with van der Waals surface area (Å²) in [5, 5.41) is 6.16. The van der Waals surface area contributed by atoms with Gasteiger partial charge in [0.2, 0.25) is 5.91 Å². The van der Waals surface area contributed by atoms with Gasteiger partial charge in [0.25, 0.3) is 0 Å². The van der Waals surface area contributed by atoms with E-state index in [2.05, 4.69) is 24.5 Å². The van der Waals surface area contributed by atoms with Crippen LogP contribution < -0.4 is 20.1 Å². The van der Waals surface area contributed by atoms with E-state index in [-0.39, 0.29) is 17.4 Å². The molecule has 0 bridgehead atoms. The maximum atomic E-state index is 12.2. The molecule has 128 valence electrons. The van der Waals surface area contributed by atoms with Crippen LogP contribution in [0.1, 0.15) is 19.4 Å². The lowest BCUT2D eigenvalue weighted by Crippen LogP contribution is -2.52. The van der Waals surface area contributed by atoms with E-state index < -0.39 is 0 Å². The van der Waals surface area contributed by atoms with Gasteiger partial charge < -0.3 is 24.8 Å². The van der Waals surface area contributed by atoms with Crippen LogP contribution in [-0.2, 0) is 14.9 Å². The zero-order valence-corrected chi connectivity index (χ0v) is 14.3. The van der Waals surface area contributed by atoms with Crippen molar-refractivity contribution in [1.82, 2.24) is 10.6 Å². The molecule has 1 aromatic rings. The number of nitrogens with one attached hydrogen (secondary N) is 2. The normalized spacial score (nSPS) is 18.3. The first-order valence-corrected chi connectivity index (χ1v) is 7.79. The molecule has 1 fully saturated rings. The highest BCUT2D eigenvalue weighted by molar-refractivity contribution is 5.82. The molecule has 2 N–H and O–H groups in total. The van der Waals surface area contributed by atoms with E-state index in [0.717, 1.165) is 5.56 Å². The van der Waals surface area contributed by atoms with Crippen molar-refractivity contribution in [3.63, 3.8) is 0 Å². The van der Waals surface area contributed by atoms with Crippen molar-refractivity contribution in [3.05, 3.63) is 23.8 Å². The maximum Gasteiger partial charge on any atom is 0.239 e. The Kier molecular flexibility index (Phi) is 5.85. The Bertz CT molecular complexity index is 539. The molecular formula is C17H26N2O4. The summed E-state index contributed by atoms with van der Waals surface area (Å²) in [6.07, 6.45) is 0. The second-order valence-corrected chi connectivity index (χ2v) is 6.25. The van der Waals surface area contributed by atoms with Gasteiger partial charge in [0.05, 0.1) is 27.4 Å². The Morgan fingerprint density at radius 3 is 2.70 bits per heavy atom. The fraction of sp³-hybridized carbons (Fsp3) is 0.588. The number of methoxy groups -OCH3 is 2. The zero-order chi connectivity index (χ0) is 16.9. The number of carbonyl (C=O) groups is 1. The first kappa shape index (κ1) is 17.6. The summed E-state index contributed by atoms with van der Waals surface area (Å²) in [5.74, 6) is 1.35. The van der Waals surface area contributed by atoms with Crippen molar-refractivity contribution >= 4 is 5.91 Å². The fourth-order valence-electron chi connectivity index (χ4n) is 2.52. The van der Waals surface area contributed by atoms with Crippen molar-refractivity contribution in [2.75, 3.05) is 40.5 Å². The Hall–Kier alpha value is -1.79. The topological polar surface area (TPSA) is 68.8 Å². The number of carbonyl (C=O) groups excluding carboxylic acids is 1. The van der Waals surface area contributed by atoms with E-state index >= 15 is 0 Å². The Balaban J connectivity index is 2.01. The molecule has 6 nitrogen and oxygen atoms in total. The number of amides is 1. The predicted molar refractivity (Wildman–Crippen MR) is 88.2 cm³/mol. The average Bonchev–Trinajstić information content (AvgIpc) is 2.59. The third-order valence-electron chi connectivity index (χ3n) is 4.11. The quantitative estimate of drug-likeness (QED) is 0.820. The second kappa shape index (κ2) is 7.66. The van der Waals surface area contributed by atoms with Crippen molar-refractivity contribution in [3.8, 4) is 11.5 Å². The van der Waals surface area contributed by atoms with E-state index in [0.29, 0.717) is 37.8 Å². The zero-order valence-electron chi connectivity index (χ0n) is 14.3. The van der Waals surface area contributed by atoms with Crippen molar-refractivity contribution in [2.45, 2.75) is 25.3 Å². The molecule has 1 amide bonds. The minimum atomic E-state index is -0.273. The Morgan fingerprint density at radius 1 is 1.35 bits per heavy atom. The highest BCUT2D eigenvalue weighted by Gasteiger charge is 2.26. The molecular weight excluding hydrogens is 296 g/mol. The van der Waals surface area contributed by atoms with Crippen molar-refractivity contribution in [2.24, 2.45) is 0 Å². The average molecular weight is 322 g/mol. The molecule has 1 atom stereocenters. The van der Waals surface area contributed by atoms with Gasteiger partial charge in [-0.2, -0.15) is 0 Å². The smallest absolute Gasteiger partial charge is 0.239 e. The molecule has 1 aromatic carbocycles. The fourth-order valence-corrected chi connectivity index (χ4v) is 2.52. The van der Waals surface area contributed by atoms with Crippen LogP contribution >= 0.6 is 0 Å². The monoisotopic (exact) mass is 322 g/mol. The van der Waals surface area contributed by atoms with Crippen LogP contribution in [-0.4, -0.2) is 52.5 Å². The molecule has 1 aliphatic heterocycles. The Labute approximate surface area is 137 Å². The number of rotatable bonds is 6. The number of morpholine rings is 1. The number of hydrogen-bond acceptors (Lipinski definition) is 5. The number of ether oxygens (including phenoxy) is 3. The second-order valence-electron chi connectivity index (χ2n) is 6.25. The van der Waals surface area contributed by atoms with Crippen LogP contribution in [0.2, 0.25) is 0 Å². The summed E-state index contributed by atoms with van der Waals surface area (Å²) in [6, 6.07) is 5.56. The third-order valence-corrected chi connectivity index (χ3v) is 4.11. The summed E-state index contributed by atoms with van der Waals surface area (Å²) >= 11 is 0. The maximum absolute atomic E-state index is 12.2. The minimum Gasteiger partial charge on any atom is -0.493 e. The molecule has 1 aliphatic rings. The standard InChI is InChI=1S/C17H26N2O4/c1-17(2,11-19-16(20)13-10-23-8-7-18-13)12-5-6-14(21-3)15(9-12)22-4/h5-6,9,13,18H,7-8,10-11H2,1-4H3,(H,19,20). The highest BCUT2D eigenvalue weighted by Crippen LogP contribution is 2.32. The summed E-state index contributed by atoms with van der Waals surface area (Å²) in [5.41, 5.74) is 0.841. The molecule has 0 aromatic heterocycles. The van der Waals surface area contributed by atoms with Crippen LogP contribution in [0.25, 0.3) is 0 Å². The summed E-state index contributed by atoms with van der Waals surface area (Å²) in [7, 11) is 3.23. The van der Waals surface area contributed by atoms with Gasteiger partial charge in [0.15, 0.2) is 11.5 Å². The van der Waals surface area contributed by atoms with Gasteiger partial charge in [-0.3, -0.25) is 4.79 Å². The van der Waals surface area contributed by atoms with Gasteiger partial charge in [0, 0.05) is 18.5 Å². The van der Waals surface area contributed by atoms with E-state index in [1.165, 1.54) is 0 Å². The molecule has 23 heavy (non-hydrogen) atoms. The van der Waals surface area contributed by atoms with Crippen LogP contribution in [0.3, 0.4) is 0 Å². The molecule has 1 saturated heterocycles. The van der Waals surface area contributed by atoms with E-state index in [1.54, 1.807) is 14.2 Å². The van der Waals surface area contributed by atoms with Gasteiger partial charge in [-0.05, 0) is 17.7 Å². The van der Waals surface area contributed by atoms with Crippen LogP contribution in [0.5, 0.6) is 11.5 Å². The van der Waals surface area contributed by atoms with Crippen molar-refractivity contribution < 1.29 is 19.0 Å². The van der Waals surface area contributed by atoms with Gasteiger partial charge >= 0.3 is 0 Å². The van der Waals surface area contributed by atoms with Gasteiger partial charge in [-0.15, -0.1) is 0 Å². The van der Waals surface area contributed by atoms with Gasteiger partial charge in [0.1, 0.15) is 6.04 Å². The lowest BCUT2D eigenvalue weighted by molar-refractivity contribution is -0.126.